The third kappa shape index (κ3) is 11.8. The van der Waals surface area contributed by atoms with Crippen LogP contribution >= 0.6 is 23.4 Å². The fraction of sp³-hybridized carbons (Fsp3) is 0.935. The number of thioether (sulfide) groups is 1. The molecule has 2 aliphatic rings. The summed E-state index contributed by atoms with van der Waals surface area (Å²) in [6.07, 6.45) is 12.0. The molecule has 41 heavy (non-hydrogen) atoms. The number of alkyl halides is 1. The number of nitrogens with one attached hydrogen (secondary N) is 1. The van der Waals surface area contributed by atoms with Crippen LogP contribution in [0.25, 0.3) is 0 Å². The van der Waals surface area contributed by atoms with E-state index < -0.39 is 47.2 Å². The van der Waals surface area contributed by atoms with E-state index in [0.29, 0.717) is 5.92 Å². The second-order valence-electron chi connectivity index (χ2n) is 12.1. The zero-order valence-electron chi connectivity index (χ0n) is 26.1. The zero-order chi connectivity index (χ0) is 30.4. The van der Waals surface area contributed by atoms with Gasteiger partial charge in [-0.15, -0.1) is 23.4 Å². The highest BCUT2D eigenvalue weighted by atomic mass is 35.5. The number of hydrogen-bond acceptors (Lipinski definition) is 8. The first-order valence-electron chi connectivity index (χ1n) is 16.0. The van der Waals surface area contributed by atoms with Gasteiger partial charge in [-0.1, -0.05) is 78.1 Å². The summed E-state index contributed by atoms with van der Waals surface area (Å²) < 4.78 is 11.8. The highest BCUT2D eigenvalue weighted by Gasteiger charge is 2.50. The van der Waals surface area contributed by atoms with Gasteiger partial charge in [-0.2, -0.15) is 0 Å². The monoisotopic (exact) mass is 620 g/mol. The average Bonchev–Trinajstić information content (AvgIpc) is 3.31. The molecular weight excluding hydrogens is 564 g/mol. The van der Waals surface area contributed by atoms with Crippen LogP contribution in [0.1, 0.15) is 111 Å². The van der Waals surface area contributed by atoms with Gasteiger partial charge in [0, 0.05) is 13.0 Å². The number of likely N-dealkylation sites (tertiary alicyclic amines) is 1. The van der Waals surface area contributed by atoms with E-state index in [1.807, 2.05) is 7.05 Å². The molecule has 2 rings (SSSR count). The largest absolute Gasteiger partial charge is 0.456 e. The molecule has 0 saturated carbocycles. The zero-order valence-corrected chi connectivity index (χ0v) is 27.6. The van der Waals surface area contributed by atoms with Gasteiger partial charge in [-0.3, -0.25) is 14.5 Å². The molecule has 0 aromatic rings. The minimum atomic E-state index is -1.38. The van der Waals surface area contributed by atoms with Crippen LogP contribution in [0.3, 0.4) is 0 Å². The first-order chi connectivity index (χ1) is 19.6. The van der Waals surface area contributed by atoms with Gasteiger partial charge in [0.15, 0.2) is 6.10 Å². The van der Waals surface area contributed by atoms with E-state index in [0.717, 1.165) is 45.1 Å². The SMILES string of the molecule is CCCCCCCCCCCCC(=O)O[C@@H]1[C@@H](O)[C@@H](O)[C@@H]([C@H](NC(=O)[C@@H]2C[C@@H](CCC)CN2C)[C@H](C)Cl)O[C@@H]1SC. The van der Waals surface area contributed by atoms with Crippen molar-refractivity contribution in [2.75, 3.05) is 19.8 Å². The Morgan fingerprint density at radius 3 is 2.20 bits per heavy atom. The molecule has 8 nitrogen and oxygen atoms in total. The Morgan fingerprint density at radius 1 is 1.02 bits per heavy atom. The van der Waals surface area contributed by atoms with Crippen LogP contribution in [0, 0.1) is 5.92 Å². The van der Waals surface area contributed by atoms with E-state index in [2.05, 4.69) is 24.1 Å². The summed E-state index contributed by atoms with van der Waals surface area (Å²) in [6, 6.07) is -1.00. The summed E-state index contributed by atoms with van der Waals surface area (Å²) >= 11 is 7.80. The summed E-state index contributed by atoms with van der Waals surface area (Å²) in [5.74, 6) is -0.0781. The Balaban J connectivity index is 1.86. The van der Waals surface area contributed by atoms with Gasteiger partial charge in [0.25, 0.3) is 0 Å². The molecule has 0 aliphatic carbocycles. The van der Waals surface area contributed by atoms with Crippen molar-refractivity contribution in [1.29, 1.82) is 0 Å². The Labute approximate surface area is 258 Å². The highest BCUT2D eigenvalue weighted by molar-refractivity contribution is 7.99. The minimum absolute atomic E-state index is 0.153. The van der Waals surface area contributed by atoms with Crippen molar-refractivity contribution in [1.82, 2.24) is 10.2 Å². The predicted octanol–water partition coefficient (Wildman–Crippen LogP) is 5.25. The molecule has 1 amide bonds. The van der Waals surface area contributed by atoms with Gasteiger partial charge in [-0.25, -0.2) is 0 Å². The summed E-state index contributed by atoms with van der Waals surface area (Å²) in [5, 5.41) is 24.5. The van der Waals surface area contributed by atoms with Crippen LogP contribution < -0.4 is 5.32 Å². The first-order valence-corrected chi connectivity index (χ1v) is 17.7. The first kappa shape index (κ1) is 36.6. The van der Waals surface area contributed by atoms with Gasteiger partial charge in [0.1, 0.15) is 23.7 Å². The number of likely N-dealkylation sites (N-methyl/N-ethyl adjacent to an activating group) is 1. The molecule has 0 aromatic carbocycles. The number of ether oxygens (including phenoxy) is 2. The second kappa shape index (κ2) is 19.6. The topological polar surface area (TPSA) is 108 Å². The molecule has 0 spiro atoms. The lowest BCUT2D eigenvalue weighted by Crippen LogP contribution is -2.65. The van der Waals surface area contributed by atoms with E-state index in [-0.39, 0.29) is 18.4 Å². The molecule has 9 atom stereocenters. The fourth-order valence-corrected chi connectivity index (χ4v) is 7.12. The van der Waals surface area contributed by atoms with Crippen molar-refractivity contribution in [2.24, 2.45) is 5.92 Å². The van der Waals surface area contributed by atoms with Crippen LogP contribution in [-0.4, -0.2) is 94.2 Å². The quantitative estimate of drug-likeness (QED) is 0.102. The number of aliphatic hydroxyl groups is 2. The Kier molecular flexibility index (Phi) is 17.5. The number of carbonyl (C=O) groups excluding carboxylic acids is 2. The molecule has 2 fully saturated rings. The Hall–Kier alpha value is -0.580. The third-order valence-corrected chi connectivity index (χ3v) is 9.72. The fourth-order valence-electron chi connectivity index (χ4n) is 6.19. The number of amides is 1. The number of esters is 1. The number of aliphatic hydroxyl groups excluding tert-OH is 2. The maximum Gasteiger partial charge on any atom is 0.306 e. The molecule has 240 valence electrons. The summed E-state index contributed by atoms with van der Waals surface area (Å²) in [7, 11) is 1.95. The third-order valence-electron chi connectivity index (χ3n) is 8.61. The van der Waals surface area contributed by atoms with E-state index in [1.165, 1.54) is 56.7 Å². The van der Waals surface area contributed by atoms with E-state index in [9.17, 15) is 19.8 Å². The van der Waals surface area contributed by atoms with E-state index in [1.54, 1.807) is 13.2 Å². The second-order valence-corrected chi connectivity index (χ2v) is 13.8. The van der Waals surface area contributed by atoms with Crippen molar-refractivity contribution in [3.05, 3.63) is 0 Å². The summed E-state index contributed by atoms with van der Waals surface area (Å²) in [6.45, 7) is 6.98. The van der Waals surface area contributed by atoms with Crippen molar-refractivity contribution in [3.63, 3.8) is 0 Å². The van der Waals surface area contributed by atoms with Crippen LogP contribution in [0.2, 0.25) is 0 Å². The summed E-state index contributed by atoms with van der Waals surface area (Å²) in [4.78, 5) is 27.9. The van der Waals surface area contributed by atoms with Crippen molar-refractivity contribution < 1.29 is 29.3 Å². The maximum absolute atomic E-state index is 13.3. The maximum atomic E-state index is 13.3. The van der Waals surface area contributed by atoms with Gasteiger partial charge < -0.3 is 25.0 Å². The van der Waals surface area contributed by atoms with Crippen LogP contribution in [0.4, 0.5) is 0 Å². The number of rotatable bonds is 19. The molecule has 2 heterocycles. The molecule has 10 heteroatoms. The molecular formula is C31H57ClN2O6S. The normalized spacial score (nSPS) is 30.2. The molecule has 2 saturated heterocycles. The smallest absolute Gasteiger partial charge is 0.306 e. The Morgan fingerprint density at radius 2 is 1.63 bits per heavy atom. The van der Waals surface area contributed by atoms with Crippen molar-refractivity contribution in [3.8, 4) is 0 Å². The molecule has 3 N–H and O–H groups in total. The van der Waals surface area contributed by atoms with Crippen molar-refractivity contribution >= 4 is 35.2 Å². The van der Waals surface area contributed by atoms with E-state index >= 15 is 0 Å². The number of hydrogen-bond donors (Lipinski definition) is 3. The van der Waals surface area contributed by atoms with Gasteiger partial charge in [-0.05, 0) is 45.4 Å². The number of unbranched alkanes of at least 4 members (excludes halogenated alkanes) is 9. The number of halogens is 1. The lowest BCUT2D eigenvalue weighted by atomic mass is 9.92. The molecule has 0 bridgehead atoms. The van der Waals surface area contributed by atoms with Crippen LogP contribution in [0.15, 0.2) is 0 Å². The minimum Gasteiger partial charge on any atom is -0.456 e. The van der Waals surface area contributed by atoms with Gasteiger partial charge >= 0.3 is 5.97 Å². The van der Waals surface area contributed by atoms with Crippen molar-refractivity contribution in [2.45, 2.75) is 158 Å². The molecule has 0 aromatic heterocycles. The molecule has 0 unspecified atom stereocenters. The van der Waals surface area contributed by atoms with Crippen LogP contribution in [0.5, 0.6) is 0 Å². The highest BCUT2D eigenvalue weighted by Crippen LogP contribution is 2.33. The van der Waals surface area contributed by atoms with E-state index in [4.69, 9.17) is 21.1 Å². The average molecular weight is 621 g/mol. The Bertz CT molecular complexity index is 760. The number of carbonyl (C=O) groups is 2. The summed E-state index contributed by atoms with van der Waals surface area (Å²) in [5.41, 5.74) is -0.701. The van der Waals surface area contributed by atoms with Gasteiger partial charge in [0.2, 0.25) is 5.91 Å². The predicted molar refractivity (Wildman–Crippen MR) is 167 cm³/mol. The molecule has 2 aliphatic heterocycles. The lowest BCUT2D eigenvalue weighted by Gasteiger charge is -2.45. The van der Waals surface area contributed by atoms with Gasteiger partial charge in [0.05, 0.1) is 17.5 Å². The molecule has 0 radical (unpaired) electrons. The standard InChI is InChI=1S/C31H57ClN2O6S/c1-6-8-9-10-11-12-13-14-15-16-18-24(35)39-29-27(37)26(36)28(40-31(29)41-5)25(21(3)32)33-30(38)23-19-22(17-7-2)20-34(23)4/h21-23,25-29,31,36-37H,6-20H2,1-5H3,(H,33,38)/t21-,22+,23-,25+,26+,27-,28+,29+,31+/m0/s1. The van der Waals surface area contributed by atoms with Crippen LogP contribution in [-0.2, 0) is 19.1 Å². The number of nitrogens with zero attached hydrogens (tertiary/aromatic N) is 1. The lowest BCUT2D eigenvalue weighted by molar-refractivity contribution is -0.218.